The van der Waals surface area contributed by atoms with Gasteiger partial charge in [0.1, 0.15) is 17.3 Å². The summed E-state index contributed by atoms with van der Waals surface area (Å²) in [5.74, 6) is -1.39. The number of hydrogen-bond donors (Lipinski definition) is 2. The third-order valence-corrected chi connectivity index (χ3v) is 4.33. The maximum absolute atomic E-state index is 13.9. The Morgan fingerprint density at radius 1 is 0.846 bits per heavy atom. The summed E-state index contributed by atoms with van der Waals surface area (Å²) in [4.78, 5) is 0. The summed E-state index contributed by atoms with van der Waals surface area (Å²) < 4.78 is 27.7. The molecule has 0 aromatic heterocycles. The Bertz CT molecular complexity index is 893. The number of hydrogen-bond acceptors (Lipinski definition) is 1. The molecule has 0 unspecified atom stereocenters. The summed E-state index contributed by atoms with van der Waals surface area (Å²) in [5, 5.41) is 5.96. The van der Waals surface area contributed by atoms with Crippen LogP contribution in [0.15, 0.2) is 72.8 Å². The summed E-state index contributed by atoms with van der Waals surface area (Å²) in [6, 6.07) is 21.2. The molecule has 0 saturated carbocycles. The number of benzene rings is 3. The maximum atomic E-state index is 13.9. The fraction of sp³-hybridized carbons (Fsp3) is 0.0952. The minimum absolute atomic E-state index is 0.145. The van der Waals surface area contributed by atoms with Gasteiger partial charge in [-0.25, -0.2) is 8.78 Å². The predicted octanol–water partition coefficient (Wildman–Crippen LogP) is 5.35. The van der Waals surface area contributed by atoms with E-state index in [0.717, 1.165) is 16.7 Å². The van der Waals surface area contributed by atoms with Crippen molar-refractivity contribution in [2.24, 2.45) is 0 Å². The molecule has 0 aliphatic carbocycles. The quantitative estimate of drug-likeness (QED) is 0.607. The number of anilines is 1. The molecular formula is C21H18F2N2S. The van der Waals surface area contributed by atoms with Gasteiger partial charge in [-0.3, -0.25) is 0 Å². The van der Waals surface area contributed by atoms with Gasteiger partial charge < -0.3 is 10.6 Å². The van der Waals surface area contributed by atoms with E-state index in [1.54, 1.807) is 0 Å². The molecule has 0 bridgehead atoms. The first-order chi connectivity index (χ1) is 12.6. The molecule has 3 aromatic rings. The van der Waals surface area contributed by atoms with Crippen molar-refractivity contribution in [2.45, 2.75) is 13.0 Å². The summed E-state index contributed by atoms with van der Waals surface area (Å²) in [7, 11) is 0. The molecule has 5 heteroatoms. The van der Waals surface area contributed by atoms with Crippen LogP contribution in [0.2, 0.25) is 0 Å². The first kappa shape index (κ1) is 18.0. The molecule has 3 aromatic carbocycles. The van der Waals surface area contributed by atoms with Crippen molar-refractivity contribution in [1.82, 2.24) is 5.32 Å². The van der Waals surface area contributed by atoms with Gasteiger partial charge in [0.05, 0.1) is 6.04 Å². The molecule has 0 heterocycles. The Kier molecular flexibility index (Phi) is 5.58. The Hall–Kier alpha value is -2.79. The molecule has 0 aliphatic rings. The number of aryl methyl sites for hydroxylation is 1. The molecule has 2 N–H and O–H groups in total. The molecular weight excluding hydrogens is 350 g/mol. The van der Waals surface area contributed by atoms with Crippen molar-refractivity contribution in [3.63, 3.8) is 0 Å². The fourth-order valence-electron chi connectivity index (χ4n) is 2.79. The smallest absolute Gasteiger partial charge is 0.171 e. The van der Waals surface area contributed by atoms with E-state index in [4.69, 9.17) is 12.2 Å². The lowest BCUT2D eigenvalue weighted by molar-refractivity contribution is 0.591. The normalized spacial score (nSPS) is 11.7. The van der Waals surface area contributed by atoms with Gasteiger partial charge >= 0.3 is 0 Å². The fourth-order valence-corrected chi connectivity index (χ4v) is 3.01. The van der Waals surface area contributed by atoms with Crippen LogP contribution in [-0.4, -0.2) is 5.11 Å². The predicted molar refractivity (Wildman–Crippen MR) is 105 cm³/mol. The molecule has 0 spiro atoms. The van der Waals surface area contributed by atoms with Crippen LogP contribution in [0.4, 0.5) is 14.5 Å². The standard InChI is InChI=1S/C21H18F2N2S/c1-14-8-5-6-11-16(14)19(15-9-3-2-4-10-15)24-21(26)25-20-17(22)12-7-13-18(20)23/h2-13,19H,1H3,(H2,24,25,26)/t19-/m0/s1. The number of nitrogens with one attached hydrogen (secondary N) is 2. The van der Waals surface area contributed by atoms with Crippen molar-refractivity contribution in [3.8, 4) is 0 Å². The molecule has 1 atom stereocenters. The van der Waals surface area contributed by atoms with Gasteiger partial charge in [0.25, 0.3) is 0 Å². The molecule has 0 amide bonds. The van der Waals surface area contributed by atoms with Crippen LogP contribution in [0.3, 0.4) is 0 Å². The number of thiocarbonyl (C=S) groups is 1. The first-order valence-corrected chi connectivity index (χ1v) is 8.59. The van der Waals surface area contributed by atoms with Gasteiger partial charge in [0.2, 0.25) is 0 Å². The lowest BCUT2D eigenvalue weighted by Crippen LogP contribution is -2.33. The van der Waals surface area contributed by atoms with Gasteiger partial charge in [-0.15, -0.1) is 0 Å². The molecule has 3 rings (SSSR count). The Labute approximate surface area is 156 Å². The topological polar surface area (TPSA) is 24.1 Å². The van der Waals surface area contributed by atoms with Crippen molar-refractivity contribution in [3.05, 3.63) is 101 Å². The first-order valence-electron chi connectivity index (χ1n) is 8.18. The lowest BCUT2D eigenvalue weighted by Gasteiger charge is -2.23. The minimum Gasteiger partial charge on any atom is -0.352 e. The molecule has 0 radical (unpaired) electrons. The van der Waals surface area contributed by atoms with E-state index >= 15 is 0 Å². The molecule has 0 fully saturated rings. The van der Waals surface area contributed by atoms with E-state index in [1.807, 2.05) is 61.5 Å². The van der Waals surface area contributed by atoms with Gasteiger partial charge in [0, 0.05) is 0 Å². The Balaban J connectivity index is 1.89. The number of para-hydroxylation sites is 1. The SMILES string of the molecule is Cc1ccccc1[C@@H](NC(=S)Nc1c(F)cccc1F)c1ccccc1. The van der Waals surface area contributed by atoms with Crippen LogP contribution >= 0.6 is 12.2 Å². The van der Waals surface area contributed by atoms with Crippen LogP contribution < -0.4 is 10.6 Å². The average Bonchev–Trinajstić information content (AvgIpc) is 2.64. The van der Waals surface area contributed by atoms with E-state index in [2.05, 4.69) is 10.6 Å². The zero-order valence-corrected chi connectivity index (χ0v) is 15.0. The van der Waals surface area contributed by atoms with Crippen molar-refractivity contribution in [1.29, 1.82) is 0 Å². The Morgan fingerprint density at radius 2 is 1.46 bits per heavy atom. The monoisotopic (exact) mass is 368 g/mol. The van der Waals surface area contributed by atoms with Crippen molar-refractivity contribution >= 4 is 23.0 Å². The van der Waals surface area contributed by atoms with Crippen LogP contribution in [0.25, 0.3) is 0 Å². The third kappa shape index (κ3) is 4.06. The molecule has 0 aliphatic heterocycles. The van der Waals surface area contributed by atoms with Crippen LogP contribution in [-0.2, 0) is 0 Å². The molecule has 26 heavy (non-hydrogen) atoms. The zero-order chi connectivity index (χ0) is 18.5. The Morgan fingerprint density at radius 3 is 2.12 bits per heavy atom. The van der Waals surface area contributed by atoms with Gasteiger partial charge in [-0.1, -0.05) is 60.7 Å². The van der Waals surface area contributed by atoms with Gasteiger partial charge in [-0.05, 0) is 48.0 Å². The van der Waals surface area contributed by atoms with Crippen molar-refractivity contribution in [2.75, 3.05) is 5.32 Å². The van der Waals surface area contributed by atoms with E-state index in [1.165, 1.54) is 18.2 Å². The highest BCUT2D eigenvalue weighted by Gasteiger charge is 2.18. The molecule has 132 valence electrons. The van der Waals surface area contributed by atoms with Crippen LogP contribution in [0.5, 0.6) is 0 Å². The highest BCUT2D eigenvalue weighted by atomic mass is 32.1. The number of rotatable bonds is 4. The highest BCUT2D eigenvalue weighted by molar-refractivity contribution is 7.80. The molecule has 2 nitrogen and oxygen atoms in total. The van der Waals surface area contributed by atoms with Gasteiger partial charge in [0.15, 0.2) is 5.11 Å². The largest absolute Gasteiger partial charge is 0.352 e. The van der Waals surface area contributed by atoms with Gasteiger partial charge in [-0.2, -0.15) is 0 Å². The second-order valence-electron chi connectivity index (χ2n) is 5.90. The summed E-state index contributed by atoms with van der Waals surface area (Å²) in [6.45, 7) is 2.01. The summed E-state index contributed by atoms with van der Waals surface area (Å²) in [6.07, 6.45) is 0. The number of halogens is 2. The van der Waals surface area contributed by atoms with Crippen LogP contribution in [0.1, 0.15) is 22.7 Å². The van der Waals surface area contributed by atoms with E-state index in [-0.39, 0.29) is 16.8 Å². The van der Waals surface area contributed by atoms with E-state index < -0.39 is 11.6 Å². The van der Waals surface area contributed by atoms with Crippen LogP contribution in [0, 0.1) is 18.6 Å². The highest BCUT2D eigenvalue weighted by Crippen LogP contribution is 2.25. The molecule has 0 saturated heterocycles. The maximum Gasteiger partial charge on any atom is 0.171 e. The van der Waals surface area contributed by atoms with E-state index in [9.17, 15) is 8.78 Å². The second kappa shape index (κ2) is 8.06. The zero-order valence-electron chi connectivity index (χ0n) is 14.2. The summed E-state index contributed by atoms with van der Waals surface area (Å²) in [5.41, 5.74) is 2.87. The lowest BCUT2D eigenvalue weighted by atomic mass is 9.95. The average molecular weight is 368 g/mol. The summed E-state index contributed by atoms with van der Waals surface area (Å²) >= 11 is 5.32. The van der Waals surface area contributed by atoms with E-state index in [0.29, 0.717) is 0 Å². The van der Waals surface area contributed by atoms with Crippen molar-refractivity contribution < 1.29 is 8.78 Å². The third-order valence-electron chi connectivity index (χ3n) is 4.11. The second-order valence-corrected chi connectivity index (χ2v) is 6.30. The minimum atomic E-state index is -0.693.